The molecule has 3 heteroatoms. The van der Waals surface area contributed by atoms with E-state index in [1.54, 1.807) is 0 Å². The molecular weight excluding hydrogens is 154 g/mol. The van der Waals surface area contributed by atoms with Crippen molar-refractivity contribution in [3.8, 4) is 0 Å². The second kappa shape index (κ2) is 4.51. The molecule has 1 aromatic rings. The monoisotopic (exact) mass is 167 g/mol. The molecule has 0 saturated heterocycles. The van der Waals surface area contributed by atoms with Crippen molar-refractivity contribution in [2.75, 3.05) is 0 Å². The number of hydrogen-bond acceptors (Lipinski definition) is 2. The molecule has 4 N–H and O–H groups in total. The molecule has 0 aliphatic rings. The Bertz CT molecular complexity index is 271. The zero-order chi connectivity index (χ0) is 8.27. The van der Waals surface area contributed by atoms with E-state index in [-0.39, 0.29) is 12.6 Å². The van der Waals surface area contributed by atoms with Gasteiger partial charge in [0.2, 0.25) is 0 Å². The summed E-state index contributed by atoms with van der Waals surface area (Å²) in [5, 5.41) is 8.49. The third kappa shape index (κ3) is 2.72. The Kier molecular flexibility index (Phi) is 4.00. The van der Waals surface area contributed by atoms with E-state index in [0.29, 0.717) is 0 Å². The maximum absolute atomic E-state index is 10.3. The number of aliphatic carboxylic acids is 1. The summed E-state index contributed by atoms with van der Waals surface area (Å²) in [5.74, 6) is -0.778. The molecule has 1 rings (SSSR count). The van der Waals surface area contributed by atoms with Crippen LogP contribution in [0.1, 0.15) is 11.1 Å². The molecule has 0 heterocycles. The molecule has 3 nitrogen and oxygen atoms in total. The summed E-state index contributed by atoms with van der Waals surface area (Å²) in [6, 6.07) is 7.51. The number of hydrogen-bond donors (Lipinski definition) is 2. The van der Waals surface area contributed by atoms with Crippen LogP contribution in [-0.4, -0.2) is 11.1 Å². The quantitative estimate of drug-likeness (QED) is 0.705. The third-order valence-corrected chi connectivity index (χ3v) is 1.60. The first-order valence-corrected chi connectivity index (χ1v) is 3.46. The summed E-state index contributed by atoms with van der Waals surface area (Å²) in [7, 11) is 0. The average molecular weight is 167 g/mol. The number of benzene rings is 1. The summed E-state index contributed by atoms with van der Waals surface area (Å²) in [6.07, 6.45) is 0.118. The van der Waals surface area contributed by atoms with E-state index >= 15 is 0 Å². The van der Waals surface area contributed by atoms with Crippen molar-refractivity contribution >= 4 is 5.97 Å². The van der Waals surface area contributed by atoms with Crippen molar-refractivity contribution in [2.45, 2.75) is 13.3 Å². The van der Waals surface area contributed by atoms with Crippen LogP contribution in [0.5, 0.6) is 0 Å². The highest BCUT2D eigenvalue weighted by atomic mass is 16.4. The number of carboxylic acids is 1. The Morgan fingerprint density at radius 2 is 2.00 bits per heavy atom. The topological polar surface area (TPSA) is 72.3 Å². The lowest BCUT2D eigenvalue weighted by atomic mass is 10.1. The number of aryl methyl sites for hydroxylation is 1. The van der Waals surface area contributed by atoms with Crippen molar-refractivity contribution in [1.82, 2.24) is 6.15 Å². The van der Waals surface area contributed by atoms with Crippen LogP contribution < -0.4 is 6.15 Å². The molecule has 12 heavy (non-hydrogen) atoms. The van der Waals surface area contributed by atoms with Crippen molar-refractivity contribution in [3.63, 3.8) is 0 Å². The van der Waals surface area contributed by atoms with Crippen LogP contribution in [0.25, 0.3) is 0 Å². The number of carboxylic acid groups (broad SMARTS) is 1. The second-order valence-corrected chi connectivity index (χ2v) is 2.50. The molecule has 0 unspecified atom stereocenters. The van der Waals surface area contributed by atoms with Crippen LogP contribution in [0, 0.1) is 6.92 Å². The molecular formula is C9H13NO2. The normalized spacial score (nSPS) is 8.75. The lowest BCUT2D eigenvalue weighted by Gasteiger charge is -1.99. The van der Waals surface area contributed by atoms with Crippen LogP contribution in [0.3, 0.4) is 0 Å². The largest absolute Gasteiger partial charge is 0.481 e. The van der Waals surface area contributed by atoms with Gasteiger partial charge in [-0.3, -0.25) is 4.79 Å². The Morgan fingerprint density at radius 1 is 1.42 bits per heavy atom. The lowest BCUT2D eigenvalue weighted by Crippen LogP contribution is -2.01. The van der Waals surface area contributed by atoms with Gasteiger partial charge in [-0.25, -0.2) is 0 Å². The van der Waals surface area contributed by atoms with Crippen LogP contribution in [-0.2, 0) is 11.2 Å². The smallest absolute Gasteiger partial charge is 0.307 e. The Labute approximate surface area is 71.6 Å². The summed E-state index contributed by atoms with van der Waals surface area (Å²) in [5.41, 5.74) is 1.93. The first kappa shape index (κ1) is 10.7. The van der Waals surface area contributed by atoms with Crippen molar-refractivity contribution in [2.24, 2.45) is 0 Å². The fourth-order valence-electron chi connectivity index (χ4n) is 0.971. The van der Waals surface area contributed by atoms with Crippen molar-refractivity contribution in [3.05, 3.63) is 35.4 Å². The predicted octanol–water partition coefficient (Wildman–Crippen LogP) is 1.78. The van der Waals surface area contributed by atoms with Gasteiger partial charge in [0.05, 0.1) is 6.42 Å². The van der Waals surface area contributed by atoms with Gasteiger partial charge in [0.15, 0.2) is 0 Å². The standard InChI is InChI=1S/C9H10O2.H3N/c1-7-4-2-3-5-8(7)6-9(10)11;/h2-5H,6H2,1H3,(H,10,11);1H3. The highest BCUT2D eigenvalue weighted by Gasteiger charge is 2.01. The maximum atomic E-state index is 10.3. The van der Waals surface area contributed by atoms with E-state index in [1.807, 2.05) is 31.2 Å². The van der Waals surface area contributed by atoms with Gasteiger partial charge in [-0.05, 0) is 18.1 Å². The molecule has 0 fully saturated rings. The summed E-state index contributed by atoms with van der Waals surface area (Å²) < 4.78 is 0. The van der Waals surface area contributed by atoms with E-state index in [4.69, 9.17) is 5.11 Å². The molecule has 0 amide bonds. The summed E-state index contributed by atoms with van der Waals surface area (Å²) in [6.45, 7) is 1.91. The summed E-state index contributed by atoms with van der Waals surface area (Å²) in [4.78, 5) is 10.3. The fraction of sp³-hybridized carbons (Fsp3) is 0.222. The first-order valence-electron chi connectivity index (χ1n) is 3.46. The minimum atomic E-state index is -0.778. The van der Waals surface area contributed by atoms with Crippen molar-refractivity contribution < 1.29 is 9.90 Å². The zero-order valence-corrected chi connectivity index (χ0v) is 7.08. The van der Waals surface area contributed by atoms with Crippen LogP contribution in [0.4, 0.5) is 0 Å². The highest BCUT2D eigenvalue weighted by Crippen LogP contribution is 2.06. The number of carbonyl (C=O) groups is 1. The van der Waals surface area contributed by atoms with Crippen LogP contribution >= 0.6 is 0 Å². The molecule has 0 aliphatic carbocycles. The van der Waals surface area contributed by atoms with Gasteiger partial charge in [-0.1, -0.05) is 24.3 Å². The molecule has 0 saturated carbocycles. The molecule has 66 valence electrons. The van der Waals surface area contributed by atoms with Gasteiger partial charge in [0.25, 0.3) is 0 Å². The molecule has 0 radical (unpaired) electrons. The van der Waals surface area contributed by atoms with Gasteiger partial charge < -0.3 is 11.3 Å². The zero-order valence-electron chi connectivity index (χ0n) is 7.08. The van der Waals surface area contributed by atoms with Crippen molar-refractivity contribution in [1.29, 1.82) is 0 Å². The third-order valence-electron chi connectivity index (χ3n) is 1.60. The summed E-state index contributed by atoms with van der Waals surface area (Å²) >= 11 is 0. The molecule has 0 atom stereocenters. The van der Waals surface area contributed by atoms with Gasteiger partial charge >= 0.3 is 5.97 Å². The highest BCUT2D eigenvalue weighted by molar-refractivity contribution is 5.70. The Balaban J connectivity index is 0.00000121. The lowest BCUT2D eigenvalue weighted by molar-refractivity contribution is -0.136. The second-order valence-electron chi connectivity index (χ2n) is 2.50. The van der Waals surface area contributed by atoms with E-state index in [9.17, 15) is 4.79 Å². The van der Waals surface area contributed by atoms with Crippen LogP contribution in [0.2, 0.25) is 0 Å². The number of rotatable bonds is 2. The Morgan fingerprint density at radius 3 is 2.50 bits per heavy atom. The SMILES string of the molecule is Cc1ccccc1CC(=O)O.N. The van der Waals surface area contributed by atoms with Gasteiger partial charge in [-0.15, -0.1) is 0 Å². The average Bonchev–Trinajstić information content (AvgIpc) is 1.93. The molecule has 0 bridgehead atoms. The minimum absolute atomic E-state index is 0. The molecule has 0 aliphatic heterocycles. The van der Waals surface area contributed by atoms with E-state index in [2.05, 4.69) is 0 Å². The molecule has 0 spiro atoms. The van der Waals surface area contributed by atoms with E-state index < -0.39 is 5.97 Å². The molecule has 1 aromatic carbocycles. The van der Waals surface area contributed by atoms with Gasteiger partial charge in [-0.2, -0.15) is 0 Å². The van der Waals surface area contributed by atoms with Gasteiger partial charge in [0, 0.05) is 0 Å². The van der Waals surface area contributed by atoms with E-state index in [0.717, 1.165) is 11.1 Å². The first-order chi connectivity index (χ1) is 5.20. The fourth-order valence-corrected chi connectivity index (χ4v) is 0.971. The maximum Gasteiger partial charge on any atom is 0.307 e. The molecule has 0 aromatic heterocycles. The minimum Gasteiger partial charge on any atom is -0.481 e. The Hall–Kier alpha value is -1.35. The predicted molar refractivity (Wildman–Crippen MR) is 47.5 cm³/mol. The van der Waals surface area contributed by atoms with E-state index in [1.165, 1.54) is 0 Å². The van der Waals surface area contributed by atoms with Crippen LogP contribution in [0.15, 0.2) is 24.3 Å². The van der Waals surface area contributed by atoms with Gasteiger partial charge in [0.1, 0.15) is 0 Å².